The van der Waals surface area contributed by atoms with Crippen LogP contribution in [-0.4, -0.2) is 32.8 Å². The second-order valence-electron chi connectivity index (χ2n) is 6.97. The molecule has 1 N–H and O–H groups in total. The smallest absolute Gasteiger partial charge is 0.260 e. The number of hydrazone groups is 1. The van der Waals surface area contributed by atoms with Gasteiger partial charge in [-0.2, -0.15) is 5.10 Å². The molecule has 0 aliphatic carbocycles. The SMILES string of the molecule is C/C(=N/NC(=O)CN(c1cccc(C)c1C)S(C)(=O)=O)C(C)(C)C. The highest BCUT2D eigenvalue weighted by Crippen LogP contribution is 2.24. The molecule has 7 heteroatoms. The fraction of sp³-hybridized carbons (Fsp3) is 0.529. The number of sulfonamides is 1. The maximum absolute atomic E-state index is 12.2. The van der Waals surface area contributed by atoms with E-state index in [9.17, 15) is 13.2 Å². The number of carbonyl (C=O) groups excluding carboxylic acids is 1. The van der Waals surface area contributed by atoms with Gasteiger partial charge >= 0.3 is 0 Å². The lowest BCUT2D eigenvalue weighted by Crippen LogP contribution is -2.40. The second kappa shape index (κ2) is 7.34. The summed E-state index contributed by atoms with van der Waals surface area (Å²) in [5.41, 5.74) is 5.32. The third-order valence-electron chi connectivity index (χ3n) is 3.97. The number of anilines is 1. The van der Waals surface area contributed by atoms with Crippen LogP contribution >= 0.6 is 0 Å². The predicted octanol–water partition coefficient (Wildman–Crippen LogP) is 2.61. The minimum Gasteiger partial charge on any atom is -0.271 e. The number of aryl methyl sites for hydroxylation is 1. The zero-order valence-corrected chi connectivity index (χ0v) is 16.3. The minimum atomic E-state index is -3.60. The molecule has 6 nitrogen and oxygen atoms in total. The van der Waals surface area contributed by atoms with Crippen LogP contribution in [0.4, 0.5) is 5.69 Å². The summed E-state index contributed by atoms with van der Waals surface area (Å²) >= 11 is 0. The summed E-state index contributed by atoms with van der Waals surface area (Å²) < 4.78 is 25.4. The van der Waals surface area contributed by atoms with Gasteiger partial charge in [-0.25, -0.2) is 13.8 Å². The lowest BCUT2D eigenvalue weighted by molar-refractivity contribution is -0.119. The molecule has 0 aromatic heterocycles. The minimum absolute atomic E-state index is 0.170. The zero-order chi connectivity index (χ0) is 18.7. The Morgan fingerprint density at radius 1 is 1.25 bits per heavy atom. The molecule has 0 radical (unpaired) electrons. The molecule has 1 aromatic carbocycles. The van der Waals surface area contributed by atoms with Crippen molar-refractivity contribution in [2.45, 2.75) is 41.5 Å². The summed E-state index contributed by atoms with van der Waals surface area (Å²) in [5, 5.41) is 4.06. The highest BCUT2D eigenvalue weighted by molar-refractivity contribution is 7.92. The van der Waals surface area contributed by atoms with Gasteiger partial charge < -0.3 is 0 Å². The molecule has 1 rings (SSSR count). The highest BCUT2D eigenvalue weighted by atomic mass is 32.2. The maximum atomic E-state index is 12.2. The van der Waals surface area contributed by atoms with Crippen LogP contribution in [0.1, 0.15) is 38.8 Å². The largest absolute Gasteiger partial charge is 0.271 e. The van der Waals surface area contributed by atoms with Crippen LogP contribution in [-0.2, 0) is 14.8 Å². The first-order chi connectivity index (χ1) is 10.8. The van der Waals surface area contributed by atoms with Gasteiger partial charge in [-0.15, -0.1) is 0 Å². The molecular weight excluding hydrogens is 326 g/mol. The summed E-state index contributed by atoms with van der Waals surface area (Å²) in [6.45, 7) is 11.2. The summed E-state index contributed by atoms with van der Waals surface area (Å²) in [7, 11) is -3.60. The topological polar surface area (TPSA) is 78.8 Å². The van der Waals surface area contributed by atoms with E-state index in [1.807, 2.05) is 47.6 Å². The number of hydrogen-bond donors (Lipinski definition) is 1. The van der Waals surface area contributed by atoms with Gasteiger partial charge in [-0.3, -0.25) is 9.10 Å². The molecule has 0 aliphatic heterocycles. The number of hydrogen-bond acceptors (Lipinski definition) is 4. The summed E-state index contributed by atoms with van der Waals surface area (Å²) in [6, 6.07) is 5.37. The molecule has 0 atom stereocenters. The van der Waals surface area contributed by atoms with Crippen molar-refractivity contribution in [3.63, 3.8) is 0 Å². The van der Waals surface area contributed by atoms with Crippen LogP contribution in [0.2, 0.25) is 0 Å². The van der Waals surface area contributed by atoms with Crippen LogP contribution in [0.3, 0.4) is 0 Å². The van der Waals surface area contributed by atoms with Crippen LogP contribution in [0.5, 0.6) is 0 Å². The van der Waals surface area contributed by atoms with Crippen molar-refractivity contribution in [2.75, 3.05) is 17.1 Å². The van der Waals surface area contributed by atoms with Gasteiger partial charge in [0.25, 0.3) is 5.91 Å². The van der Waals surface area contributed by atoms with E-state index in [1.165, 1.54) is 0 Å². The Morgan fingerprint density at radius 3 is 2.33 bits per heavy atom. The van der Waals surface area contributed by atoms with Gasteiger partial charge in [0.1, 0.15) is 6.54 Å². The van der Waals surface area contributed by atoms with Crippen LogP contribution in [0, 0.1) is 19.3 Å². The van der Waals surface area contributed by atoms with Gasteiger partial charge in [0, 0.05) is 11.1 Å². The van der Waals surface area contributed by atoms with Crippen molar-refractivity contribution >= 4 is 27.3 Å². The molecule has 0 saturated carbocycles. The van der Waals surface area contributed by atoms with Crippen molar-refractivity contribution in [1.82, 2.24) is 5.43 Å². The summed E-state index contributed by atoms with van der Waals surface area (Å²) in [5.74, 6) is -0.482. The normalized spacial score (nSPS) is 12.9. The van der Waals surface area contributed by atoms with E-state index in [4.69, 9.17) is 0 Å². The highest BCUT2D eigenvalue weighted by Gasteiger charge is 2.23. The van der Waals surface area contributed by atoms with Crippen molar-refractivity contribution in [3.8, 4) is 0 Å². The van der Waals surface area contributed by atoms with Crippen LogP contribution < -0.4 is 9.73 Å². The molecule has 0 spiro atoms. The van der Waals surface area contributed by atoms with E-state index < -0.39 is 15.9 Å². The maximum Gasteiger partial charge on any atom is 0.260 e. The third-order valence-corrected chi connectivity index (χ3v) is 5.09. The molecule has 0 heterocycles. The number of rotatable bonds is 5. The van der Waals surface area contributed by atoms with E-state index in [0.29, 0.717) is 5.69 Å². The summed E-state index contributed by atoms with van der Waals surface area (Å²) in [6.07, 6.45) is 1.09. The first-order valence-corrected chi connectivity index (χ1v) is 9.56. The number of amides is 1. The monoisotopic (exact) mass is 353 g/mol. The Labute approximate surface area is 145 Å². The van der Waals surface area contributed by atoms with Crippen LogP contribution in [0.15, 0.2) is 23.3 Å². The average Bonchev–Trinajstić information content (AvgIpc) is 2.43. The van der Waals surface area contributed by atoms with Gasteiger partial charge in [-0.1, -0.05) is 32.9 Å². The Balaban J connectivity index is 3.05. The lowest BCUT2D eigenvalue weighted by atomic mass is 9.91. The number of nitrogens with one attached hydrogen (secondary N) is 1. The van der Waals surface area contributed by atoms with Gasteiger partial charge in [0.2, 0.25) is 10.0 Å². The molecule has 0 bridgehead atoms. The van der Waals surface area contributed by atoms with Crippen molar-refractivity contribution in [3.05, 3.63) is 29.3 Å². The standard InChI is InChI=1S/C17H27N3O3S/c1-12-9-8-10-15(13(12)2)20(24(7,22)23)11-16(21)19-18-14(3)17(4,5)6/h8-10H,11H2,1-7H3,(H,19,21)/b18-14-. The van der Waals surface area contributed by atoms with E-state index in [-0.39, 0.29) is 12.0 Å². The van der Waals surface area contributed by atoms with Crippen molar-refractivity contribution < 1.29 is 13.2 Å². The third kappa shape index (κ3) is 5.33. The molecule has 0 unspecified atom stereocenters. The molecule has 134 valence electrons. The van der Waals surface area contributed by atoms with E-state index in [2.05, 4.69) is 10.5 Å². The van der Waals surface area contributed by atoms with E-state index in [1.54, 1.807) is 12.1 Å². The van der Waals surface area contributed by atoms with Gasteiger partial charge in [-0.05, 0) is 38.0 Å². The van der Waals surface area contributed by atoms with E-state index in [0.717, 1.165) is 27.4 Å². The first kappa shape index (κ1) is 20.2. The predicted molar refractivity (Wildman–Crippen MR) is 98.8 cm³/mol. The fourth-order valence-corrected chi connectivity index (χ4v) is 2.77. The first-order valence-electron chi connectivity index (χ1n) is 7.71. The number of carbonyl (C=O) groups is 1. The van der Waals surface area contributed by atoms with Gasteiger partial charge in [0.15, 0.2) is 0 Å². The zero-order valence-electron chi connectivity index (χ0n) is 15.5. The quantitative estimate of drug-likeness (QED) is 0.653. The Morgan fingerprint density at radius 2 is 1.83 bits per heavy atom. The van der Waals surface area contributed by atoms with Crippen molar-refractivity contribution in [2.24, 2.45) is 10.5 Å². The molecule has 24 heavy (non-hydrogen) atoms. The Bertz CT molecular complexity index is 747. The average molecular weight is 353 g/mol. The Hall–Kier alpha value is -1.89. The van der Waals surface area contributed by atoms with Crippen LogP contribution in [0.25, 0.3) is 0 Å². The van der Waals surface area contributed by atoms with Gasteiger partial charge in [0.05, 0.1) is 11.9 Å². The molecule has 1 aromatic rings. The molecule has 0 saturated heterocycles. The number of nitrogens with zero attached hydrogens (tertiary/aromatic N) is 2. The molecule has 1 amide bonds. The lowest BCUT2D eigenvalue weighted by Gasteiger charge is -2.24. The van der Waals surface area contributed by atoms with E-state index >= 15 is 0 Å². The second-order valence-corrected chi connectivity index (χ2v) is 8.88. The molecular formula is C17H27N3O3S. The Kier molecular flexibility index (Phi) is 6.16. The fourth-order valence-electron chi connectivity index (χ4n) is 1.87. The molecule has 0 aliphatic rings. The summed E-state index contributed by atoms with van der Waals surface area (Å²) in [4.78, 5) is 12.2. The molecule has 0 fully saturated rings. The van der Waals surface area contributed by atoms with Crippen molar-refractivity contribution in [1.29, 1.82) is 0 Å². The number of benzene rings is 1.